The van der Waals surface area contributed by atoms with Gasteiger partial charge in [-0.3, -0.25) is 9.79 Å². The predicted molar refractivity (Wildman–Crippen MR) is 123 cm³/mol. The van der Waals surface area contributed by atoms with E-state index < -0.39 is 0 Å². The van der Waals surface area contributed by atoms with Crippen LogP contribution in [0.1, 0.15) is 34.8 Å². The molecule has 0 fully saturated rings. The first kappa shape index (κ1) is 22.5. The van der Waals surface area contributed by atoms with Gasteiger partial charge in [0.25, 0.3) is 5.91 Å². The van der Waals surface area contributed by atoms with Crippen LogP contribution in [0.25, 0.3) is 0 Å². The van der Waals surface area contributed by atoms with Gasteiger partial charge in [0.1, 0.15) is 0 Å². The highest BCUT2D eigenvalue weighted by atomic mass is 16.5. The Labute approximate surface area is 184 Å². The number of methoxy groups -OCH3 is 2. The maximum atomic E-state index is 12.1. The number of fused-ring (bicyclic) bond motifs is 1. The quantitative estimate of drug-likeness (QED) is 0.387. The number of carbonyl (C=O) groups is 1. The highest BCUT2D eigenvalue weighted by molar-refractivity contribution is 5.94. The summed E-state index contributed by atoms with van der Waals surface area (Å²) in [5, 5.41) is 6.35. The largest absolute Gasteiger partial charge is 0.493 e. The number of ether oxygens (including phenoxy) is 2. The molecule has 2 aromatic carbocycles. The smallest absolute Gasteiger partial charge is 0.251 e. The third kappa shape index (κ3) is 5.90. The summed E-state index contributed by atoms with van der Waals surface area (Å²) in [7, 11) is 3.32. The molecule has 166 valence electrons. The molecule has 7 nitrogen and oxygen atoms in total. The summed E-state index contributed by atoms with van der Waals surface area (Å²) in [6.07, 6.45) is 1.70. The maximum absolute atomic E-state index is 12.1. The van der Waals surface area contributed by atoms with Crippen LogP contribution in [0.2, 0.25) is 0 Å². The fourth-order valence-corrected chi connectivity index (χ4v) is 3.65. The third-order valence-electron chi connectivity index (χ3n) is 5.27. The fourth-order valence-electron chi connectivity index (χ4n) is 3.65. The molecule has 0 aromatic heterocycles. The molecule has 0 aliphatic carbocycles. The van der Waals surface area contributed by atoms with Crippen LogP contribution in [0.5, 0.6) is 11.5 Å². The number of aliphatic imine (C=N–C) groups is 1. The average molecular weight is 425 g/mol. The van der Waals surface area contributed by atoms with Gasteiger partial charge in [0, 0.05) is 38.3 Å². The Morgan fingerprint density at radius 3 is 2.45 bits per heavy atom. The van der Waals surface area contributed by atoms with E-state index >= 15 is 0 Å². The van der Waals surface area contributed by atoms with Crippen LogP contribution in [0.4, 0.5) is 0 Å². The maximum Gasteiger partial charge on any atom is 0.251 e. The number of guanidine groups is 1. The number of carbonyl (C=O) groups excluding carboxylic acids is 1. The van der Waals surface area contributed by atoms with Gasteiger partial charge < -0.3 is 25.0 Å². The number of hydrogen-bond donors (Lipinski definition) is 2. The Morgan fingerprint density at radius 1 is 1.06 bits per heavy atom. The second-order valence-corrected chi connectivity index (χ2v) is 7.36. The number of nitrogens with one attached hydrogen (secondary N) is 2. The summed E-state index contributed by atoms with van der Waals surface area (Å²) in [6, 6.07) is 13.4. The molecule has 2 N–H and O–H groups in total. The summed E-state index contributed by atoms with van der Waals surface area (Å²) >= 11 is 0. The standard InChI is InChI=1S/C24H32N4O3/c1-4-25-24(27-13-8-12-26-23(29)18-9-6-5-7-10-18)28-14-11-19-15-21(30-2)22(31-3)16-20(19)17-28/h5-7,9-10,15-16H,4,8,11-14,17H2,1-3H3,(H,25,27)(H,26,29). The molecule has 2 aromatic rings. The Bertz CT molecular complexity index is 899. The second-order valence-electron chi connectivity index (χ2n) is 7.36. The van der Waals surface area contributed by atoms with Crippen molar-refractivity contribution in [3.05, 3.63) is 59.2 Å². The van der Waals surface area contributed by atoms with Crippen molar-refractivity contribution in [2.75, 3.05) is 40.4 Å². The van der Waals surface area contributed by atoms with Crippen LogP contribution in [-0.4, -0.2) is 57.2 Å². The highest BCUT2D eigenvalue weighted by Gasteiger charge is 2.21. The highest BCUT2D eigenvalue weighted by Crippen LogP contribution is 2.33. The summed E-state index contributed by atoms with van der Waals surface area (Å²) in [6.45, 7) is 5.77. The molecule has 0 atom stereocenters. The van der Waals surface area contributed by atoms with Gasteiger partial charge in [-0.15, -0.1) is 0 Å². The minimum Gasteiger partial charge on any atom is -0.493 e. The normalized spacial score (nSPS) is 13.4. The van der Waals surface area contributed by atoms with Gasteiger partial charge in [-0.05, 0) is 55.2 Å². The molecule has 0 saturated heterocycles. The zero-order valence-electron chi connectivity index (χ0n) is 18.6. The molecule has 0 spiro atoms. The van der Waals surface area contributed by atoms with Crippen LogP contribution in [-0.2, 0) is 13.0 Å². The first-order valence-corrected chi connectivity index (χ1v) is 10.8. The molecule has 1 amide bonds. The van der Waals surface area contributed by atoms with Crippen molar-refractivity contribution in [3.8, 4) is 11.5 Å². The van der Waals surface area contributed by atoms with E-state index in [0.29, 0.717) is 18.7 Å². The van der Waals surface area contributed by atoms with Crippen LogP contribution in [0, 0.1) is 0 Å². The molecule has 0 saturated carbocycles. The van der Waals surface area contributed by atoms with E-state index in [1.807, 2.05) is 30.3 Å². The van der Waals surface area contributed by atoms with Crippen molar-refractivity contribution in [2.45, 2.75) is 26.3 Å². The second kappa shape index (κ2) is 11.2. The Balaban J connectivity index is 1.56. The molecule has 0 bridgehead atoms. The van der Waals surface area contributed by atoms with Crippen LogP contribution >= 0.6 is 0 Å². The van der Waals surface area contributed by atoms with Crippen molar-refractivity contribution < 1.29 is 14.3 Å². The molecule has 31 heavy (non-hydrogen) atoms. The molecule has 3 rings (SSSR count). The SMILES string of the molecule is CCNC(=NCCCNC(=O)c1ccccc1)N1CCc2cc(OC)c(OC)cc2C1. The minimum atomic E-state index is -0.0477. The van der Waals surface area contributed by atoms with Gasteiger partial charge >= 0.3 is 0 Å². The first-order chi connectivity index (χ1) is 15.2. The average Bonchev–Trinajstić information content (AvgIpc) is 2.82. The van der Waals surface area contributed by atoms with Gasteiger partial charge in [-0.25, -0.2) is 0 Å². The first-order valence-electron chi connectivity index (χ1n) is 10.8. The van der Waals surface area contributed by atoms with E-state index in [9.17, 15) is 4.79 Å². The van der Waals surface area contributed by atoms with E-state index in [0.717, 1.165) is 49.9 Å². The lowest BCUT2D eigenvalue weighted by atomic mass is 9.99. The lowest BCUT2D eigenvalue weighted by Crippen LogP contribution is -2.44. The number of amides is 1. The van der Waals surface area contributed by atoms with Crippen molar-refractivity contribution >= 4 is 11.9 Å². The number of benzene rings is 2. The molecule has 1 aliphatic rings. The molecule has 1 aliphatic heterocycles. The summed E-state index contributed by atoms with van der Waals surface area (Å²) < 4.78 is 10.9. The minimum absolute atomic E-state index is 0.0477. The summed E-state index contributed by atoms with van der Waals surface area (Å²) in [5.41, 5.74) is 3.19. The summed E-state index contributed by atoms with van der Waals surface area (Å²) in [4.78, 5) is 19.2. The van der Waals surface area contributed by atoms with E-state index in [4.69, 9.17) is 14.5 Å². The number of hydrogen-bond acceptors (Lipinski definition) is 4. The molecule has 0 unspecified atom stereocenters. The van der Waals surface area contributed by atoms with Crippen molar-refractivity contribution in [1.82, 2.24) is 15.5 Å². The molecule has 7 heteroatoms. The Hall–Kier alpha value is -3.22. The van der Waals surface area contributed by atoms with Gasteiger partial charge in [0.05, 0.1) is 14.2 Å². The van der Waals surface area contributed by atoms with E-state index in [2.05, 4.69) is 34.6 Å². The van der Waals surface area contributed by atoms with Crippen LogP contribution in [0.3, 0.4) is 0 Å². The molecule has 1 heterocycles. The fraction of sp³-hybridized carbons (Fsp3) is 0.417. The molecule has 0 radical (unpaired) electrons. The van der Waals surface area contributed by atoms with Gasteiger partial charge in [0.2, 0.25) is 0 Å². The number of rotatable bonds is 8. The topological polar surface area (TPSA) is 75.2 Å². The van der Waals surface area contributed by atoms with Crippen molar-refractivity contribution in [3.63, 3.8) is 0 Å². The third-order valence-corrected chi connectivity index (χ3v) is 5.27. The van der Waals surface area contributed by atoms with E-state index in [-0.39, 0.29) is 5.91 Å². The van der Waals surface area contributed by atoms with E-state index in [1.54, 1.807) is 14.2 Å². The van der Waals surface area contributed by atoms with Gasteiger partial charge in [0.15, 0.2) is 17.5 Å². The predicted octanol–water partition coefficient (Wildman–Crippen LogP) is 2.85. The Morgan fingerprint density at radius 2 is 1.77 bits per heavy atom. The van der Waals surface area contributed by atoms with Crippen LogP contribution < -0.4 is 20.1 Å². The molecular formula is C24H32N4O3. The monoisotopic (exact) mass is 424 g/mol. The van der Waals surface area contributed by atoms with Crippen LogP contribution in [0.15, 0.2) is 47.5 Å². The van der Waals surface area contributed by atoms with Crippen molar-refractivity contribution in [2.24, 2.45) is 4.99 Å². The van der Waals surface area contributed by atoms with Crippen molar-refractivity contribution in [1.29, 1.82) is 0 Å². The lowest BCUT2D eigenvalue weighted by molar-refractivity contribution is 0.0953. The summed E-state index contributed by atoms with van der Waals surface area (Å²) in [5.74, 6) is 2.37. The molecular weight excluding hydrogens is 392 g/mol. The lowest BCUT2D eigenvalue weighted by Gasteiger charge is -2.32. The Kier molecular flexibility index (Phi) is 8.15. The zero-order valence-corrected chi connectivity index (χ0v) is 18.6. The van der Waals surface area contributed by atoms with Gasteiger partial charge in [-0.2, -0.15) is 0 Å². The number of nitrogens with zero attached hydrogens (tertiary/aromatic N) is 2. The van der Waals surface area contributed by atoms with Gasteiger partial charge in [-0.1, -0.05) is 18.2 Å². The van der Waals surface area contributed by atoms with E-state index in [1.165, 1.54) is 11.1 Å². The zero-order chi connectivity index (χ0) is 22.1.